The van der Waals surface area contributed by atoms with E-state index in [9.17, 15) is 0 Å². The molecule has 0 radical (unpaired) electrons. The Hall–Kier alpha value is -6.55. The number of nitrogens with zero attached hydrogens (tertiary/aromatic N) is 5. The molecule has 0 aliphatic carbocycles. The molecule has 55 heavy (non-hydrogen) atoms. The quantitative estimate of drug-likeness (QED) is 0.162. The summed E-state index contributed by atoms with van der Waals surface area (Å²) in [6.07, 6.45) is 1.90. The third-order valence-electron chi connectivity index (χ3n) is 10.6. The minimum absolute atomic E-state index is 0. The molecule has 0 atom stereocenters. The van der Waals surface area contributed by atoms with Crippen LogP contribution < -0.4 is 4.98 Å². The maximum Gasteiger partial charge on any atom is 2.00 e. The summed E-state index contributed by atoms with van der Waals surface area (Å²) in [5.41, 5.74) is 13.4. The maximum absolute atomic E-state index is 5.50. The first-order chi connectivity index (χ1) is 26.7. The van der Waals surface area contributed by atoms with E-state index in [2.05, 4.69) is 174 Å². The van der Waals surface area contributed by atoms with Gasteiger partial charge in [-0.15, -0.1) is 34.8 Å². The monoisotopic (exact) mass is 884 g/mol. The van der Waals surface area contributed by atoms with Gasteiger partial charge in [-0.2, -0.15) is 0 Å². The van der Waals surface area contributed by atoms with E-state index in [1.807, 2.05) is 18.3 Å². The van der Waals surface area contributed by atoms with E-state index in [0.29, 0.717) is 0 Å². The summed E-state index contributed by atoms with van der Waals surface area (Å²) >= 11 is 0. The molecule has 6 heteroatoms. The molecule has 0 N–H and O–H groups in total. The van der Waals surface area contributed by atoms with Crippen LogP contribution in [-0.2, 0) is 21.1 Å². The summed E-state index contributed by atoms with van der Waals surface area (Å²) in [5, 5.41) is 4.58. The summed E-state index contributed by atoms with van der Waals surface area (Å²) < 4.78 is 4.52. The number of aromatic nitrogens is 5. The Morgan fingerprint density at radius 2 is 1.33 bits per heavy atom. The minimum Gasteiger partial charge on any atom is -0.656 e. The number of rotatable bonds is 5. The first-order valence-electron chi connectivity index (χ1n) is 18.2. The first-order valence-corrected chi connectivity index (χ1v) is 18.2. The second-order valence-electron chi connectivity index (χ2n) is 13.9. The van der Waals surface area contributed by atoms with Crippen molar-refractivity contribution >= 4 is 54.6 Å². The van der Waals surface area contributed by atoms with Crippen molar-refractivity contribution in [3.05, 3.63) is 182 Å². The molecule has 0 aliphatic rings. The Balaban J connectivity index is 0.00000372. The van der Waals surface area contributed by atoms with Crippen LogP contribution >= 0.6 is 0 Å². The number of imidazole rings is 1. The van der Waals surface area contributed by atoms with Crippen LogP contribution in [0.1, 0.15) is 5.56 Å². The first kappa shape index (κ1) is 33.0. The molecule has 0 fully saturated rings. The topological polar surface area (TPSA) is 49.7 Å². The van der Waals surface area contributed by atoms with Gasteiger partial charge < -0.3 is 9.55 Å². The van der Waals surface area contributed by atoms with Crippen molar-refractivity contribution in [1.82, 2.24) is 24.1 Å². The molecule has 5 nitrogen and oxygen atoms in total. The summed E-state index contributed by atoms with van der Waals surface area (Å²) in [6.45, 7) is 2.14. The van der Waals surface area contributed by atoms with Crippen LogP contribution in [0.4, 0.5) is 0 Å². The van der Waals surface area contributed by atoms with Crippen LogP contribution in [0.2, 0.25) is 0 Å². The van der Waals surface area contributed by atoms with Crippen LogP contribution in [0.5, 0.6) is 0 Å². The van der Waals surface area contributed by atoms with Gasteiger partial charge in [0.2, 0.25) is 0 Å². The van der Waals surface area contributed by atoms with E-state index < -0.39 is 0 Å². The van der Waals surface area contributed by atoms with Crippen molar-refractivity contribution in [1.29, 1.82) is 0 Å². The number of para-hydroxylation sites is 4. The smallest absolute Gasteiger partial charge is 0.656 e. The van der Waals surface area contributed by atoms with Crippen LogP contribution in [0.25, 0.3) is 99.8 Å². The average Bonchev–Trinajstić information content (AvgIpc) is 3.91. The Morgan fingerprint density at radius 3 is 2.20 bits per heavy atom. The standard InChI is InChI=1S/C49H31N5.Pt/c1-31-22-25-43-41(28-31)38-24-23-34(29-45(38)54(43)46-30-33(26-27-50-46)32-12-4-2-5-13-32)36-17-11-21-44-48(36)52-49(53(44)35-14-6-3-7-15-35)40-19-10-18-39-37-16-8-9-20-42(37)51-47(39)40;/h2-28,30H,1H3;/q-2;+2. The van der Waals surface area contributed by atoms with E-state index >= 15 is 0 Å². The van der Waals surface area contributed by atoms with E-state index in [0.717, 1.165) is 94.4 Å². The molecule has 11 rings (SSSR count). The van der Waals surface area contributed by atoms with E-state index in [1.165, 1.54) is 10.9 Å². The predicted molar refractivity (Wildman–Crippen MR) is 221 cm³/mol. The van der Waals surface area contributed by atoms with Crippen LogP contribution in [0.15, 0.2) is 170 Å². The van der Waals surface area contributed by atoms with Crippen molar-refractivity contribution in [2.45, 2.75) is 6.92 Å². The number of aryl methyl sites for hydroxylation is 1. The maximum atomic E-state index is 5.50. The second-order valence-corrected chi connectivity index (χ2v) is 13.9. The molecular weight excluding hydrogens is 854 g/mol. The van der Waals surface area contributed by atoms with Gasteiger partial charge in [0.05, 0.1) is 11.0 Å². The molecule has 4 aromatic heterocycles. The fourth-order valence-electron chi connectivity index (χ4n) is 8.12. The van der Waals surface area contributed by atoms with Crippen LogP contribution in [0.3, 0.4) is 0 Å². The SMILES string of the molecule is Cc1ccc2c(c1)c1ccc(-c3cccc4c3nc(-c3cccc5c3[n-]c3ccccc35)n4-c3ccccc3)[c-]c1n2-c1cc(-c2ccccc2)ccn1.[Pt+2]. The van der Waals surface area contributed by atoms with Crippen molar-refractivity contribution in [3.63, 3.8) is 0 Å². The molecule has 0 amide bonds. The van der Waals surface area contributed by atoms with Crippen LogP contribution in [0, 0.1) is 13.0 Å². The van der Waals surface area contributed by atoms with Gasteiger partial charge in [0.15, 0.2) is 0 Å². The zero-order valence-corrected chi connectivity index (χ0v) is 32.0. The van der Waals surface area contributed by atoms with Gasteiger partial charge in [-0.1, -0.05) is 132 Å². The molecular formula is C49H31N5Pt. The third kappa shape index (κ3) is 5.26. The molecule has 0 bridgehead atoms. The average molecular weight is 885 g/mol. The van der Waals surface area contributed by atoms with Gasteiger partial charge in [0.1, 0.15) is 11.6 Å². The summed E-state index contributed by atoms with van der Waals surface area (Å²) in [6, 6.07) is 61.3. The van der Waals surface area contributed by atoms with Gasteiger partial charge in [0.25, 0.3) is 0 Å². The van der Waals surface area contributed by atoms with Gasteiger partial charge in [-0.05, 0) is 76.1 Å². The molecule has 0 saturated carbocycles. The molecule has 262 valence electrons. The van der Waals surface area contributed by atoms with E-state index in [1.54, 1.807) is 0 Å². The summed E-state index contributed by atoms with van der Waals surface area (Å²) in [5.74, 6) is 1.70. The molecule has 11 aromatic rings. The van der Waals surface area contributed by atoms with Crippen molar-refractivity contribution in [3.8, 4) is 45.1 Å². The Labute approximate surface area is 331 Å². The van der Waals surface area contributed by atoms with Gasteiger partial charge in [-0.25, -0.2) is 9.97 Å². The largest absolute Gasteiger partial charge is 2.00 e. The fourth-order valence-corrected chi connectivity index (χ4v) is 8.12. The van der Waals surface area contributed by atoms with E-state index in [4.69, 9.17) is 15.0 Å². The minimum atomic E-state index is 0. The van der Waals surface area contributed by atoms with Gasteiger partial charge in [-0.3, -0.25) is 4.57 Å². The summed E-state index contributed by atoms with van der Waals surface area (Å²) in [4.78, 5) is 15.6. The summed E-state index contributed by atoms with van der Waals surface area (Å²) in [7, 11) is 0. The Bertz CT molecular complexity index is 3230. The third-order valence-corrected chi connectivity index (χ3v) is 10.6. The van der Waals surface area contributed by atoms with Crippen molar-refractivity contribution in [2.75, 3.05) is 0 Å². The predicted octanol–water partition coefficient (Wildman–Crippen LogP) is 11.9. The molecule has 0 aliphatic heterocycles. The molecule has 0 saturated heterocycles. The molecule has 0 spiro atoms. The number of pyridine rings is 1. The van der Waals surface area contributed by atoms with Gasteiger partial charge >= 0.3 is 21.1 Å². The Kier molecular flexibility index (Phi) is 7.86. The normalized spacial score (nSPS) is 11.6. The molecule has 0 unspecified atom stereocenters. The number of fused-ring (bicyclic) bond motifs is 7. The Morgan fingerprint density at radius 1 is 0.564 bits per heavy atom. The fraction of sp³-hybridized carbons (Fsp3) is 0.0204. The van der Waals surface area contributed by atoms with Crippen molar-refractivity contribution < 1.29 is 21.1 Å². The number of hydrogen-bond donors (Lipinski definition) is 0. The molecule has 4 heterocycles. The van der Waals surface area contributed by atoms with Crippen molar-refractivity contribution in [2.24, 2.45) is 0 Å². The van der Waals surface area contributed by atoms with Gasteiger partial charge in [0, 0.05) is 23.0 Å². The molecule has 7 aromatic carbocycles. The zero-order chi connectivity index (χ0) is 35.8. The van der Waals surface area contributed by atoms with Crippen LogP contribution in [-0.4, -0.2) is 19.1 Å². The second kappa shape index (κ2) is 13.1. The van der Waals surface area contributed by atoms with E-state index in [-0.39, 0.29) is 21.1 Å². The number of hydrogen-bond acceptors (Lipinski definition) is 2. The zero-order valence-electron chi connectivity index (χ0n) is 29.7. The number of benzene rings is 7.